The number of nitrogens with one attached hydrogen (secondary N) is 1. The number of rotatable bonds is 3. The van der Waals surface area contributed by atoms with Gasteiger partial charge in [-0.1, -0.05) is 23.2 Å². The molecule has 1 saturated carbocycles. The molecule has 1 aromatic carbocycles. The maximum absolute atomic E-state index is 9.82. The second-order valence-electron chi connectivity index (χ2n) is 4.79. The van der Waals surface area contributed by atoms with E-state index in [1.165, 1.54) is 6.07 Å². The number of benzene rings is 1. The lowest BCUT2D eigenvalue weighted by Crippen LogP contribution is -2.35. The van der Waals surface area contributed by atoms with Crippen molar-refractivity contribution >= 4 is 23.2 Å². The SMILES string of the molecule is Oc1c(Cl)cc(Cl)cc1CN[C@H]1CCC[C@@H](O)C1. The van der Waals surface area contributed by atoms with E-state index in [1.54, 1.807) is 6.07 Å². The van der Waals surface area contributed by atoms with Gasteiger partial charge in [0.05, 0.1) is 11.1 Å². The van der Waals surface area contributed by atoms with Crippen LogP contribution in [-0.4, -0.2) is 22.4 Å². The highest BCUT2D eigenvalue weighted by molar-refractivity contribution is 6.35. The van der Waals surface area contributed by atoms with Crippen LogP contribution in [0.1, 0.15) is 31.2 Å². The van der Waals surface area contributed by atoms with Crippen molar-refractivity contribution in [3.63, 3.8) is 0 Å². The van der Waals surface area contributed by atoms with Gasteiger partial charge in [0, 0.05) is 23.2 Å². The molecule has 100 valence electrons. The normalized spacial score (nSPS) is 24.2. The lowest BCUT2D eigenvalue weighted by atomic mass is 9.93. The summed E-state index contributed by atoms with van der Waals surface area (Å²) in [7, 11) is 0. The van der Waals surface area contributed by atoms with E-state index in [9.17, 15) is 10.2 Å². The Bertz CT molecular complexity index is 426. The summed E-state index contributed by atoms with van der Waals surface area (Å²) in [6, 6.07) is 3.51. The fourth-order valence-corrected chi connectivity index (χ4v) is 2.89. The molecule has 3 N–H and O–H groups in total. The molecule has 1 aromatic rings. The average molecular weight is 290 g/mol. The Morgan fingerprint density at radius 1 is 1.28 bits per heavy atom. The van der Waals surface area contributed by atoms with Crippen LogP contribution in [0.4, 0.5) is 0 Å². The summed E-state index contributed by atoms with van der Waals surface area (Å²) in [5.41, 5.74) is 0.688. The molecule has 0 saturated heterocycles. The van der Waals surface area contributed by atoms with Gasteiger partial charge in [-0.25, -0.2) is 0 Å². The van der Waals surface area contributed by atoms with Crippen molar-refractivity contribution in [1.82, 2.24) is 5.32 Å². The molecule has 0 bridgehead atoms. The first-order chi connectivity index (χ1) is 8.56. The second kappa shape index (κ2) is 6.11. The van der Waals surface area contributed by atoms with Gasteiger partial charge < -0.3 is 15.5 Å². The third-order valence-electron chi connectivity index (χ3n) is 3.33. The van der Waals surface area contributed by atoms with Gasteiger partial charge in [0.25, 0.3) is 0 Å². The van der Waals surface area contributed by atoms with Crippen molar-refractivity contribution < 1.29 is 10.2 Å². The number of hydrogen-bond donors (Lipinski definition) is 3. The molecular formula is C13H17Cl2NO2. The third-order valence-corrected chi connectivity index (χ3v) is 3.84. The average Bonchev–Trinajstić information content (AvgIpc) is 2.32. The molecule has 0 aromatic heterocycles. The monoisotopic (exact) mass is 289 g/mol. The quantitative estimate of drug-likeness (QED) is 0.802. The van der Waals surface area contributed by atoms with Crippen LogP contribution < -0.4 is 5.32 Å². The highest BCUT2D eigenvalue weighted by atomic mass is 35.5. The minimum atomic E-state index is -0.215. The van der Waals surface area contributed by atoms with Crippen LogP contribution in [-0.2, 0) is 6.54 Å². The van der Waals surface area contributed by atoms with Crippen LogP contribution in [0.5, 0.6) is 5.75 Å². The molecule has 2 rings (SSSR count). The van der Waals surface area contributed by atoms with Gasteiger partial charge in [-0.2, -0.15) is 0 Å². The molecule has 0 amide bonds. The first kappa shape index (κ1) is 13.9. The maximum atomic E-state index is 9.82. The van der Waals surface area contributed by atoms with Gasteiger partial charge in [-0.15, -0.1) is 0 Å². The lowest BCUT2D eigenvalue weighted by Gasteiger charge is -2.27. The summed E-state index contributed by atoms with van der Waals surface area (Å²) in [5.74, 6) is 0.0740. The van der Waals surface area contributed by atoms with Gasteiger partial charge in [-0.3, -0.25) is 0 Å². The fourth-order valence-electron chi connectivity index (χ4n) is 2.36. The third kappa shape index (κ3) is 3.51. The number of aromatic hydroxyl groups is 1. The number of phenols is 1. The zero-order valence-electron chi connectivity index (χ0n) is 10.00. The van der Waals surface area contributed by atoms with Crippen LogP contribution in [0.15, 0.2) is 12.1 Å². The summed E-state index contributed by atoms with van der Waals surface area (Å²) in [6.07, 6.45) is 3.50. The topological polar surface area (TPSA) is 52.5 Å². The predicted octanol–water partition coefficient (Wildman–Crippen LogP) is 3.09. The molecule has 0 aliphatic heterocycles. The van der Waals surface area contributed by atoms with Crippen molar-refractivity contribution in [2.75, 3.05) is 0 Å². The van der Waals surface area contributed by atoms with Crippen molar-refractivity contribution in [3.8, 4) is 5.75 Å². The van der Waals surface area contributed by atoms with Gasteiger partial charge in [0.15, 0.2) is 0 Å². The molecule has 0 spiro atoms. The van der Waals surface area contributed by atoms with Gasteiger partial charge in [0.1, 0.15) is 5.75 Å². The van der Waals surface area contributed by atoms with Crippen LogP contribution in [0, 0.1) is 0 Å². The summed E-state index contributed by atoms with van der Waals surface area (Å²) in [4.78, 5) is 0. The standard InChI is InChI=1S/C13H17Cl2NO2/c14-9-4-8(13(18)12(15)5-9)7-16-10-2-1-3-11(17)6-10/h4-5,10-11,16-18H,1-3,6-7H2/t10-,11+/m0/s1. The molecule has 0 radical (unpaired) electrons. The molecule has 1 fully saturated rings. The number of aliphatic hydroxyl groups excluding tert-OH is 1. The van der Waals surface area contributed by atoms with E-state index in [-0.39, 0.29) is 22.9 Å². The van der Waals surface area contributed by atoms with Crippen molar-refractivity contribution in [2.24, 2.45) is 0 Å². The zero-order valence-corrected chi connectivity index (χ0v) is 11.5. The van der Waals surface area contributed by atoms with Crippen molar-refractivity contribution in [3.05, 3.63) is 27.7 Å². The molecule has 18 heavy (non-hydrogen) atoms. The van der Waals surface area contributed by atoms with Crippen LogP contribution >= 0.6 is 23.2 Å². The first-order valence-electron chi connectivity index (χ1n) is 6.14. The lowest BCUT2D eigenvalue weighted by molar-refractivity contribution is 0.111. The highest BCUT2D eigenvalue weighted by Gasteiger charge is 2.20. The van der Waals surface area contributed by atoms with Crippen LogP contribution in [0.3, 0.4) is 0 Å². The van der Waals surface area contributed by atoms with Gasteiger partial charge in [-0.05, 0) is 37.8 Å². The van der Waals surface area contributed by atoms with Crippen molar-refractivity contribution in [1.29, 1.82) is 0 Å². The molecule has 1 aliphatic carbocycles. The Kier molecular flexibility index (Phi) is 4.73. The molecule has 0 heterocycles. The molecule has 5 heteroatoms. The number of phenolic OH excluding ortho intramolecular Hbond substituents is 1. The molecule has 1 aliphatic rings. The van der Waals surface area contributed by atoms with Gasteiger partial charge >= 0.3 is 0 Å². The summed E-state index contributed by atoms with van der Waals surface area (Å²) in [5, 5.41) is 23.5. The fraction of sp³-hybridized carbons (Fsp3) is 0.538. The largest absolute Gasteiger partial charge is 0.506 e. The summed E-state index contributed by atoms with van der Waals surface area (Å²) < 4.78 is 0. The molecule has 0 unspecified atom stereocenters. The molecular weight excluding hydrogens is 273 g/mol. The van der Waals surface area contributed by atoms with Crippen molar-refractivity contribution in [2.45, 2.75) is 44.4 Å². The van der Waals surface area contributed by atoms with E-state index >= 15 is 0 Å². The smallest absolute Gasteiger partial charge is 0.138 e. The van der Waals surface area contributed by atoms with E-state index in [0.29, 0.717) is 17.1 Å². The Morgan fingerprint density at radius 2 is 2.06 bits per heavy atom. The van der Waals surface area contributed by atoms with Gasteiger partial charge in [0.2, 0.25) is 0 Å². The number of hydrogen-bond acceptors (Lipinski definition) is 3. The second-order valence-corrected chi connectivity index (χ2v) is 5.64. The minimum Gasteiger partial charge on any atom is -0.506 e. The molecule has 2 atom stereocenters. The summed E-state index contributed by atoms with van der Waals surface area (Å²) in [6.45, 7) is 0.503. The minimum absolute atomic E-state index is 0.0740. The van der Waals surface area contributed by atoms with Crippen LogP contribution in [0.2, 0.25) is 10.0 Å². The van der Waals surface area contributed by atoms with E-state index in [2.05, 4.69) is 5.32 Å². The summed E-state index contributed by atoms with van der Waals surface area (Å²) >= 11 is 11.8. The molecule has 3 nitrogen and oxygen atoms in total. The Balaban J connectivity index is 1.97. The maximum Gasteiger partial charge on any atom is 0.138 e. The first-order valence-corrected chi connectivity index (χ1v) is 6.90. The van der Waals surface area contributed by atoms with E-state index < -0.39 is 0 Å². The highest BCUT2D eigenvalue weighted by Crippen LogP contribution is 2.31. The number of halogens is 2. The Labute approximate surface area is 117 Å². The van der Waals surface area contributed by atoms with E-state index in [0.717, 1.165) is 25.7 Å². The Morgan fingerprint density at radius 3 is 2.78 bits per heavy atom. The number of aliphatic hydroxyl groups is 1. The van der Waals surface area contributed by atoms with E-state index in [1.807, 2.05) is 0 Å². The van der Waals surface area contributed by atoms with E-state index in [4.69, 9.17) is 23.2 Å². The Hall–Kier alpha value is -0.480. The van der Waals surface area contributed by atoms with Crippen LogP contribution in [0.25, 0.3) is 0 Å². The predicted molar refractivity (Wildman–Crippen MR) is 73.2 cm³/mol. The zero-order chi connectivity index (χ0) is 13.1.